The maximum absolute atomic E-state index is 12.5. The van der Waals surface area contributed by atoms with Gasteiger partial charge in [0, 0.05) is 11.1 Å². The normalized spacial score (nSPS) is 24.6. The van der Waals surface area contributed by atoms with Crippen LogP contribution in [0.4, 0.5) is 0 Å². The van der Waals surface area contributed by atoms with E-state index in [0.29, 0.717) is 17.7 Å². The highest BCUT2D eigenvalue weighted by Crippen LogP contribution is 2.23. The monoisotopic (exact) mass is 319 g/mol. The lowest BCUT2D eigenvalue weighted by molar-refractivity contribution is -0.903. The summed E-state index contributed by atoms with van der Waals surface area (Å²) in [6.45, 7) is 3.79. The van der Waals surface area contributed by atoms with Crippen molar-refractivity contribution in [3.63, 3.8) is 0 Å². The molecule has 1 unspecified atom stereocenters. The average Bonchev–Trinajstić information content (AvgIpc) is 2.57. The topological polar surface area (TPSA) is 50.9 Å². The van der Waals surface area contributed by atoms with E-state index >= 15 is 0 Å². The van der Waals surface area contributed by atoms with Crippen molar-refractivity contribution in [2.24, 2.45) is 4.99 Å². The number of benzene rings is 1. The van der Waals surface area contributed by atoms with E-state index in [1.54, 1.807) is 24.3 Å². The number of nitrogens with zero attached hydrogens (tertiary/aromatic N) is 1. The van der Waals surface area contributed by atoms with Gasteiger partial charge in [-0.15, -0.1) is 11.6 Å². The lowest BCUT2D eigenvalue weighted by atomic mass is 9.88. The first-order chi connectivity index (χ1) is 10.7. The molecule has 22 heavy (non-hydrogen) atoms. The molecule has 0 spiro atoms. The number of hydrogen-bond acceptors (Lipinski definition) is 3. The minimum Gasteiger partial charge on any atom is -0.333 e. The highest BCUT2D eigenvalue weighted by molar-refractivity contribution is 6.64. The Morgan fingerprint density at radius 3 is 2.50 bits per heavy atom. The molecule has 0 amide bonds. The molecule has 116 valence electrons. The Balaban J connectivity index is 1.74. The van der Waals surface area contributed by atoms with Crippen LogP contribution in [0.15, 0.2) is 29.3 Å². The number of Topliss-reactive ketones (excluding diaryl/α,β-unsaturated/α-hetero) is 2. The lowest BCUT2D eigenvalue weighted by Gasteiger charge is -2.23. The zero-order valence-corrected chi connectivity index (χ0v) is 13.2. The van der Waals surface area contributed by atoms with Crippen LogP contribution in [0.25, 0.3) is 0 Å². The van der Waals surface area contributed by atoms with Crippen molar-refractivity contribution in [3.05, 3.63) is 35.4 Å². The maximum Gasteiger partial charge on any atom is 0.209 e. The molecular formula is C17H20ClN2O2+. The summed E-state index contributed by atoms with van der Waals surface area (Å²) in [4.78, 5) is 30.7. The van der Waals surface area contributed by atoms with Gasteiger partial charge < -0.3 is 4.90 Å². The Hall–Kier alpha value is -1.52. The number of alkyl halides is 1. The van der Waals surface area contributed by atoms with Gasteiger partial charge >= 0.3 is 0 Å². The third kappa shape index (κ3) is 2.99. The van der Waals surface area contributed by atoms with Crippen LogP contribution in [-0.2, 0) is 0 Å². The number of halogens is 1. The Kier molecular flexibility index (Phi) is 4.69. The van der Waals surface area contributed by atoms with Crippen LogP contribution in [0.1, 0.15) is 40.0 Å². The van der Waals surface area contributed by atoms with Gasteiger partial charge in [-0.25, -0.2) is 0 Å². The molecule has 0 bridgehead atoms. The minimum absolute atomic E-state index is 0.205. The van der Waals surface area contributed by atoms with Gasteiger partial charge in [-0.1, -0.05) is 24.3 Å². The molecule has 1 N–H and O–H groups in total. The van der Waals surface area contributed by atoms with E-state index in [9.17, 15) is 9.59 Å². The second-order valence-electron chi connectivity index (χ2n) is 5.93. The van der Waals surface area contributed by atoms with Gasteiger partial charge in [0.05, 0.1) is 26.2 Å². The van der Waals surface area contributed by atoms with Crippen molar-refractivity contribution in [3.8, 4) is 0 Å². The number of hydrogen-bond donors (Lipinski definition) is 1. The quantitative estimate of drug-likeness (QED) is 0.851. The molecule has 1 atom stereocenters. The number of rotatable bonds is 3. The fraction of sp³-hybridized carbons (Fsp3) is 0.471. The van der Waals surface area contributed by atoms with Crippen LogP contribution in [0.5, 0.6) is 0 Å². The molecule has 1 heterocycles. The number of carbonyl (C=O) groups excluding carboxylic acids is 2. The molecule has 1 fully saturated rings. The number of piperidine rings is 1. The van der Waals surface area contributed by atoms with E-state index in [-0.39, 0.29) is 17.3 Å². The highest BCUT2D eigenvalue weighted by Gasteiger charge is 2.36. The predicted octanol–water partition coefficient (Wildman–Crippen LogP) is 1.18. The van der Waals surface area contributed by atoms with Gasteiger partial charge in [-0.3, -0.25) is 14.6 Å². The summed E-state index contributed by atoms with van der Waals surface area (Å²) in [5.41, 5.74) is 1.04. The molecule has 1 saturated heterocycles. The third-order valence-electron chi connectivity index (χ3n) is 4.45. The third-order valence-corrected chi connectivity index (χ3v) is 4.85. The van der Waals surface area contributed by atoms with Crippen LogP contribution in [0.3, 0.4) is 0 Å². The summed E-state index contributed by atoms with van der Waals surface area (Å²) < 4.78 is 0. The Morgan fingerprint density at radius 1 is 1.09 bits per heavy atom. The SMILES string of the molecule is O=C1C(=NCC[NH+]2CCCCC2)C(Cl)C(=O)c2ccccc21. The predicted molar refractivity (Wildman–Crippen MR) is 86.5 cm³/mol. The van der Waals surface area contributed by atoms with Crippen molar-refractivity contribution in [1.29, 1.82) is 0 Å². The van der Waals surface area contributed by atoms with Crippen LogP contribution < -0.4 is 4.90 Å². The molecule has 1 aliphatic carbocycles. The number of nitrogens with one attached hydrogen (secondary N) is 1. The van der Waals surface area contributed by atoms with Crippen LogP contribution in [-0.4, -0.2) is 48.8 Å². The Bertz CT molecular complexity index is 621. The summed E-state index contributed by atoms with van der Waals surface area (Å²) in [5.74, 6) is -0.426. The van der Waals surface area contributed by atoms with Gasteiger partial charge in [0.15, 0.2) is 5.78 Å². The fourth-order valence-corrected chi connectivity index (χ4v) is 3.48. The van der Waals surface area contributed by atoms with Crippen molar-refractivity contribution < 1.29 is 14.5 Å². The molecule has 1 aliphatic heterocycles. The second kappa shape index (κ2) is 6.71. The summed E-state index contributed by atoms with van der Waals surface area (Å²) in [7, 11) is 0. The number of fused-ring (bicyclic) bond motifs is 1. The van der Waals surface area contributed by atoms with Crippen molar-refractivity contribution in [2.75, 3.05) is 26.2 Å². The Labute approximate surface area is 135 Å². The first-order valence-corrected chi connectivity index (χ1v) is 8.32. The molecular weight excluding hydrogens is 300 g/mol. The van der Waals surface area contributed by atoms with Crippen molar-refractivity contribution in [2.45, 2.75) is 24.6 Å². The van der Waals surface area contributed by atoms with Crippen LogP contribution in [0, 0.1) is 0 Å². The highest BCUT2D eigenvalue weighted by atomic mass is 35.5. The Morgan fingerprint density at radius 2 is 1.77 bits per heavy atom. The van der Waals surface area contributed by atoms with Gasteiger partial charge in [0.2, 0.25) is 5.78 Å². The molecule has 0 radical (unpaired) electrons. The summed E-state index contributed by atoms with van der Waals surface area (Å²) >= 11 is 6.17. The average molecular weight is 320 g/mol. The number of likely N-dealkylation sites (tertiary alicyclic amines) is 1. The van der Waals surface area contributed by atoms with E-state index in [1.165, 1.54) is 37.3 Å². The van der Waals surface area contributed by atoms with Crippen molar-refractivity contribution >= 4 is 28.9 Å². The molecule has 5 heteroatoms. The summed E-state index contributed by atoms with van der Waals surface area (Å²) in [6, 6.07) is 6.83. The lowest BCUT2D eigenvalue weighted by Crippen LogP contribution is -3.13. The van der Waals surface area contributed by atoms with Crippen LogP contribution in [0.2, 0.25) is 0 Å². The van der Waals surface area contributed by atoms with E-state index in [4.69, 9.17) is 11.6 Å². The fourth-order valence-electron chi connectivity index (χ4n) is 3.20. The standard InChI is InChI=1S/C17H19ClN2O2/c18-14-15(19-8-11-20-9-4-1-5-10-20)17(22)13-7-3-2-6-12(13)16(14)21/h2-3,6-7,14H,1,4-5,8-11H2/p+1. The zero-order chi connectivity index (χ0) is 15.5. The second-order valence-corrected chi connectivity index (χ2v) is 6.37. The van der Waals surface area contributed by atoms with Gasteiger partial charge in [0.1, 0.15) is 11.1 Å². The molecule has 2 aliphatic rings. The van der Waals surface area contributed by atoms with Gasteiger partial charge in [-0.05, 0) is 19.3 Å². The number of aliphatic imine (C=N–C) groups is 1. The largest absolute Gasteiger partial charge is 0.333 e. The molecule has 0 aromatic heterocycles. The van der Waals surface area contributed by atoms with Gasteiger partial charge in [-0.2, -0.15) is 0 Å². The summed E-state index contributed by atoms with van der Waals surface area (Å²) in [5, 5.41) is -0.946. The first kappa shape index (κ1) is 15.4. The minimum atomic E-state index is -0.946. The van der Waals surface area contributed by atoms with E-state index in [0.717, 1.165) is 6.54 Å². The van der Waals surface area contributed by atoms with E-state index in [2.05, 4.69) is 4.99 Å². The summed E-state index contributed by atoms with van der Waals surface area (Å²) in [6.07, 6.45) is 3.83. The molecule has 0 saturated carbocycles. The molecule has 3 rings (SSSR count). The first-order valence-electron chi connectivity index (χ1n) is 7.88. The molecule has 1 aromatic carbocycles. The van der Waals surface area contributed by atoms with E-state index in [1.807, 2.05) is 0 Å². The number of ketones is 2. The zero-order valence-electron chi connectivity index (χ0n) is 12.5. The van der Waals surface area contributed by atoms with Gasteiger partial charge in [0.25, 0.3) is 0 Å². The number of carbonyl (C=O) groups is 2. The van der Waals surface area contributed by atoms with Crippen molar-refractivity contribution in [1.82, 2.24) is 0 Å². The van der Waals surface area contributed by atoms with Crippen LogP contribution >= 0.6 is 11.6 Å². The molecule has 1 aromatic rings. The number of quaternary nitrogens is 1. The van der Waals surface area contributed by atoms with E-state index < -0.39 is 5.38 Å². The molecule has 4 nitrogen and oxygen atoms in total. The smallest absolute Gasteiger partial charge is 0.209 e. The maximum atomic E-state index is 12.5.